The van der Waals surface area contributed by atoms with Crippen molar-refractivity contribution in [2.24, 2.45) is 0 Å². The van der Waals surface area contributed by atoms with E-state index < -0.39 is 6.29 Å². The number of nitrogens with one attached hydrogen (secondary N) is 1. The highest BCUT2D eigenvalue weighted by Crippen LogP contribution is 2.28. The largest absolute Gasteiger partial charge is 0.351 e. The molecular weight excluding hydrogens is 372 g/mol. The second kappa shape index (κ2) is 9.04. The molecule has 1 amide bonds. The van der Waals surface area contributed by atoms with Crippen LogP contribution < -0.4 is 5.32 Å². The molecule has 2 heterocycles. The second-order valence-electron chi connectivity index (χ2n) is 8.87. The summed E-state index contributed by atoms with van der Waals surface area (Å²) in [6.45, 7) is 17.6. The van der Waals surface area contributed by atoms with Gasteiger partial charge in [0.25, 0.3) is 5.91 Å². The van der Waals surface area contributed by atoms with E-state index in [1.165, 1.54) is 0 Å². The Bertz CT molecular complexity index is 807. The topological polar surface area (TPSA) is 96.1 Å². The van der Waals surface area contributed by atoms with Crippen LogP contribution in [0.1, 0.15) is 71.6 Å². The number of hydrogen-bond donors (Lipinski definition) is 1. The van der Waals surface area contributed by atoms with Gasteiger partial charge >= 0.3 is 0 Å². The van der Waals surface area contributed by atoms with E-state index in [0.29, 0.717) is 25.6 Å². The summed E-state index contributed by atoms with van der Waals surface area (Å²) in [6, 6.07) is 1.91. The minimum Gasteiger partial charge on any atom is -0.351 e. The Morgan fingerprint density at radius 1 is 1.14 bits per heavy atom. The third kappa shape index (κ3) is 6.11. The molecule has 0 aliphatic heterocycles. The quantitative estimate of drug-likeness (QED) is 0.677. The van der Waals surface area contributed by atoms with E-state index in [-0.39, 0.29) is 22.6 Å². The number of nitrogens with zero attached hydrogens (tertiary/aromatic N) is 5. The monoisotopic (exact) mass is 406 g/mol. The maximum absolute atomic E-state index is 12.8. The summed E-state index contributed by atoms with van der Waals surface area (Å²) in [5, 5.41) is 15.7. The van der Waals surface area contributed by atoms with Gasteiger partial charge in [-0.25, -0.2) is 9.36 Å². The molecule has 0 aliphatic carbocycles. The predicted molar refractivity (Wildman–Crippen MR) is 111 cm³/mol. The van der Waals surface area contributed by atoms with Crippen LogP contribution in [0.15, 0.2) is 12.3 Å². The highest BCUT2D eigenvalue weighted by molar-refractivity contribution is 6.02. The molecule has 0 bridgehead atoms. The Morgan fingerprint density at radius 3 is 2.28 bits per heavy atom. The van der Waals surface area contributed by atoms with Crippen molar-refractivity contribution in [3.63, 3.8) is 0 Å². The maximum atomic E-state index is 12.8. The Morgan fingerprint density at radius 2 is 1.76 bits per heavy atom. The summed E-state index contributed by atoms with van der Waals surface area (Å²) < 4.78 is 14.4. The van der Waals surface area contributed by atoms with E-state index in [2.05, 4.69) is 36.4 Å². The van der Waals surface area contributed by atoms with Gasteiger partial charge in [0.2, 0.25) is 0 Å². The van der Waals surface area contributed by atoms with Gasteiger partial charge in [-0.05, 0) is 34.6 Å². The molecule has 2 aromatic rings. The molecule has 0 aromatic carbocycles. The zero-order chi connectivity index (χ0) is 21.8. The fourth-order valence-electron chi connectivity index (χ4n) is 2.70. The zero-order valence-corrected chi connectivity index (χ0v) is 18.8. The standard InChI is InChI=1S/C20H34N6O3/c1-9-28-17(29-10-2)13-25-12-14(22-24-25)18(27)21-16-11-15(19(3,4)5)23-26(16)20(6,7)8/h11-12,17H,9-10,13H2,1-8H3,(H,21,27). The van der Waals surface area contributed by atoms with Gasteiger partial charge in [-0.15, -0.1) is 5.10 Å². The van der Waals surface area contributed by atoms with Gasteiger partial charge in [0.1, 0.15) is 5.82 Å². The van der Waals surface area contributed by atoms with E-state index in [1.807, 2.05) is 45.4 Å². The molecule has 0 radical (unpaired) electrons. The van der Waals surface area contributed by atoms with Crippen LogP contribution in [0, 0.1) is 0 Å². The average molecular weight is 407 g/mol. The summed E-state index contributed by atoms with van der Waals surface area (Å²) in [5.41, 5.74) is 0.705. The van der Waals surface area contributed by atoms with Crippen LogP contribution in [0.2, 0.25) is 0 Å². The number of carbonyl (C=O) groups is 1. The lowest BCUT2D eigenvalue weighted by Crippen LogP contribution is -2.27. The molecule has 162 valence electrons. The Labute approximate surface area is 172 Å². The van der Waals surface area contributed by atoms with Gasteiger partial charge in [0.15, 0.2) is 12.0 Å². The Hall–Kier alpha value is -2.26. The summed E-state index contributed by atoms with van der Waals surface area (Å²) in [7, 11) is 0. The number of ether oxygens (including phenoxy) is 2. The summed E-state index contributed by atoms with van der Waals surface area (Å²) in [5.74, 6) is 0.287. The molecule has 9 nitrogen and oxygen atoms in total. The fraction of sp³-hybridized carbons (Fsp3) is 0.700. The summed E-state index contributed by atoms with van der Waals surface area (Å²) >= 11 is 0. The molecule has 0 atom stereocenters. The van der Waals surface area contributed by atoms with E-state index >= 15 is 0 Å². The van der Waals surface area contributed by atoms with Crippen LogP contribution in [0.25, 0.3) is 0 Å². The molecule has 1 N–H and O–H groups in total. The van der Waals surface area contributed by atoms with Gasteiger partial charge in [0.05, 0.1) is 24.0 Å². The first-order valence-corrected chi connectivity index (χ1v) is 10.0. The van der Waals surface area contributed by atoms with Crippen molar-refractivity contribution >= 4 is 11.7 Å². The summed E-state index contributed by atoms with van der Waals surface area (Å²) in [6.07, 6.45) is 1.15. The maximum Gasteiger partial charge on any atom is 0.278 e. The van der Waals surface area contributed by atoms with Crippen LogP contribution >= 0.6 is 0 Å². The molecule has 0 fully saturated rings. The molecular formula is C20H34N6O3. The van der Waals surface area contributed by atoms with Crippen LogP contribution in [0.4, 0.5) is 5.82 Å². The number of rotatable bonds is 8. The third-order valence-corrected chi connectivity index (χ3v) is 4.17. The lowest BCUT2D eigenvalue weighted by atomic mass is 9.92. The molecule has 0 saturated carbocycles. The van der Waals surface area contributed by atoms with Crippen LogP contribution in [0.3, 0.4) is 0 Å². The number of carbonyl (C=O) groups excluding carboxylic acids is 1. The van der Waals surface area contributed by atoms with Crippen LogP contribution in [0.5, 0.6) is 0 Å². The smallest absolute Gasteiger partial charge is 0.278 e. The van der Waals surface area contributed by atoms with Gasteiger partial charge in [0, 0.05) is 24.7 Å². The van der Waals surface area contributed by atoms with Crippen molar-refractivity contribution in [1.29, 1.82) is 0 Å². The molecule has 2 rings (SSSR count). The van der Waals surface area contributed by atoms with Crippen molar-refractivity contribution in [2.75, 3.05) is 18.5 Å². The molecule has 0 aliphatic rings. The molecule has 0 spiro atoms. The molecule has 9 heteroatoms. The third-order valence-electron chi connectivity index (χ3n) is 4.17. The number of amides is 1. The summed E-state index contributed by atoms with van der Waals surface area (Å²) in [4.78, 5) is 12.8. The zero-order valence-electron chi connectivity index (χ0n) is 18.8. The van der Waals surface area contributed by atoms with Gasteiger partial charge in [-0.3, -0.25) is 4.79 Å². The van der Waals surface area contributed by atoms with Gasteiger partial charge in [-0.2, -0.15) is 5.10 Å². The minimum absolute atomic E-state index is 0.132. The van der Waals surface area contributed by atoms with Crippen molar-refractivity contribution in [3.05, 3.63) is 23.7 Å². The van der Waals surface area contributed by atoms with E-state index in [1.54, 1.807) is 10.9 Å². The number of aromatic nitrogens is 5. The first kappa shape index (κ1) is 23.0. The van der Waals surface area contributed by atoms with Crippen LogP contribution in [-0.4, -0.2) is 50.2 Å². The lowest BCUT2D eigenvalue weighted by molar-refractivity contribution is -0.145. The molecule has 2 aromatic heterocycles. The SMILES string of the molecule is CCOC(Cn1cc(C(=O)Nc2cc(C(C)(C)C)nn2C(C)(C)C)nn1)OCC. The first-order valence-electron chi connectivity index (χ1n) is 10.0. The molecule has 29 heavy (non-hydrogen) atoms. The normalized spacial score (nSPS) is 12.6. The minimum atomic E-state index is -0.431. The molecule has 0 saturated heterocycles. The van der Waals surface area contributed by atoms with Crippen LogP contribution in [-0.2, 0) is 27.0 Å². The number of hydrogen-bond acceptors (Lipinski definition) is 6. The van der Waals surface area contributed by atoms with Crippen molar-refractivity contribution in [3.8, 4) is 0 Å². The Kier molecular flexibility index (Phi) is 7.18. The fourth-order valence-corrected chi connectivity index (χ4v) is 2.70. The van der Waals surface area contributed by atoms with Gasteiger partial charge in [-0.1, -0.05) is 26.0 Å². The second-order valence-corrected chi connectivity index (χ2v) is 8.87. The van der Waals surface area contributed by atoms with Crippen molar-refractivity contribution < 1.29 is 14.3 Å². The van der Waals surface area contributed by atoms with Crippen molar-refractivity contribution in [2.45, 2.75) is 79.2 Å². The van der Waals surface area contributed by atoms with Crippen molar-refractivity contribution in [1.82, 2.24) is 24.8 Å². The molecule has 0 unspecified atom stereocenters. The lowest BCUT2D eigenvalue weighted by Gasteiger charge is -2.22. The van der Waals surface area contributed by atoms with E-state index in [0.717, 1.165) is 5.69 Å². The first-order chi connectivity index (χ1) is 13.5. The van der Waals surface area contributed by atoms with E-state index in [4.69, 9.17) is 14.6 Å². The van der Waals surface area contributed by atoms with Gasteiger partial charge < -0.3 is 14.8 Å². The number of anilines is 1. The highest BCUT2D eigenvalue weighted by Gasteiger charge is 2.26. The Balaban J connectivity index is 2.19. The van der Waals surface area contributed by atoms with E-state index in [9.17, 15) is 4.79 Å². The average Bonchev–Trinajstić information content (AvgIpc) is 3.21. The highest BCUT2D eigenvalue weighted by atomic mass is 16.7. The predicted octanol–water partition coefficient (Wildman–Crippen LogP) is 3.18.